The van der Waals surface area contributed by atoms with Crippen molar-refractivity contribution in [3.63, 3.8) is 0 Å². The smallest absolute Gasteiger partial charge is 0.299 e. The van der Waals surface area contributed by atoms with Crippen LogP contribution in [0.25, 0.3) is 0 Å². The van der Waals surface area contributed by atoms with E-state index in [-0.39, 0.29) is 30.5 Å². The fourth-order valence-electron chi connectivity index (χ4n) is 4.52. The quantitative estimate of drug-likeness (QED) is 0.440. The highest BCUT2D eigenvalue weighted by atomic mass is 16.2. The van der Waals surface area contributed by atoms with Gasteiger partial charge in [0.15, 0.2) is 0 Å². The number of hydrogen-bond donors (Lipinski definition) is 1. The van der Waals surface area contributed by atoms with Crippen LogP contribution in [0.3, 0.4) is 0 Å². The molecule has 2 aromatic carbocycles. The summed E-state index contributed by atoms with van der Waals surface area (Å²) in [4.78, 5) is 61.4. The number of amides is 3. The normalized spacial score (nSPS) is 13.3. The van der Waals surface area contributed by atoms with Crippen LogP contribution in [0, 0.1) is 5.92 Å². The summed E-state index contributed by atoms with van der Waals surface area (Å²) in [6.45, 7) is 3.47. The molecule has 0 saturated carbocycles. The minimum atomic E-state index is -0.847. The number of rotatable bonds is 9. The van der Waals surface area contributed by atoms with Gasteiger partial charge in [-0.1, -0.05) is 32.0 Å². The van der Waals surface area contributed by atoms with Crippen LogP contribution < -0.4 is 15.1 Å². The molecule has 1 atom stereocenters. The molecule has 9 heteroatoms. The van der Waals surface area contributed by atoms with Gasteiger partial charge in [0.05, 0.1) is 11.3 Å². The molecular formula is C29H31N5O4. The van der Waals surface area contributed by atoms with Crippen LogP contribution in [-0.2, 0) is 20.9 Å². The second-order valence-corrected chi connectivity index (χ2v) is 9.74. The molecule has 1 N–H and O–H groups in total. The number of anilines is 3. The molecule has 0 aliphatic carbocycles. The third-order valence-electron chi connectivity index (χ3n) is 6.46. The second-order valence-electron chi connectivity index (χ2n) is 9.74. The number of Topliss-reactive ketones (excluding diaryl/α,β-unsaturated/α-hetero) is 1. The van der Waals surface area contributed by atoms with Crippen molar-refractivity contribution in [3.8, 4) is 0 Å². The molecule has 1 aliphatic heterocycles. The van der Waals surface area contributed by atoms with Crippen LogP contribution in [0.2, 0.25) is 0 Å². The minimum absolute atomic E-state index is 0.111. The maximum atomic E-state index is 13.8. The molecular weight excluding hydrogens is 482 g/mol. The Hall–Kier alpha value is -4.53. The van der Waals surface area contributed by atoms with Crippen LogP contribution in [-0.4, -0.2) is 60.1 Å². The summed E-state index contributed by atoms with van der Waals surface area (Å²) in [6, 6.07) is 16.7. The molecule has 0 bridgehead atoms. The largest absolute Gasteiger partial charge is 0.378 e. The first-order valence-corrected chi connectivity index (χ1v) is 12.4. The number of fused-ring (bicyclic) bond motifs is 1. The van der Waals surface area contributed by atoms with Gasteiger partial charge in [0.25, 0.3) is 11.7 Å². The van der Waals surface area contributed by atoms with Crippen LogP contribution >= 0.6 is 0 Å². The highest BCUT2D eigenvalue weighted by Crippen LogP contribution is 2.29. The topological polar surface area (TPSA) is 103 Å². The Bertz CT molecular complexity index is 1340. The van der Waals surface area contributed by atoms with Crippen molar-refractivity contribution in [3.05, 3.63) is 84.2 Å². The number of nitrogens with zero attached hydrogens (tertiary/aromatic N) is 4. The summed E-state index contributed by atoms with van der Waals surface area (Å²) in [5.74, 6) is -2.46. The predicted molar refractivity (Wildman–Crippen MR) is 146 cm³/mol. The lowest BCUT2D eigenvalue weighted by atomic mass is 10.00. The van der Waals surface area contributed by atoms with Crippen molar-refractivity contribution in [2.24, 2.45) is 5.92 Å². The van der Waals surface area contributed by atoms with E-state index in [0.717, 1.165) is 11.3 Å². The fraction of sp³-hybridized carbons (Fsp3) is 0.276. The molecule has 196 valence electrons. The fourth-order valence-corrected chi connectivity index (χ4v) is 4.52. The number of hydrogen-bond acceptors (Lipinski definition) is 6. The lowest BCUT2D eigenvalue weighted by molar-refractivity contribution is -0.140. The molecule has 1 aliphatic rings. The van der Waals surface area contributed by atoms with E-state index in [9.17, 15) is 19.2 Å². The lowest BCUT2D eigenvalue weighted by Gasteiger charge is -2.34. The van der Waals surface area contributed by atoms with Gasteiger partial charge in [-0.15, -0.1) is 0 Å². The molecule has 38 heavy (non-hydrogen) atoms. The van der Waals surface area contributed by atoms with Crippen molar-refractivity contribution in [2.75, 3.05) is 35.8 Å². The van der Waals surface area contributed by atoms with Crippen molar-refractivity contribution < 1.29 is 19.2 Å². The molecule has 4 rings (SSSR count). The summed E-state index contributed by atoms with van der Waals surface area (Å²) in [5, 5.41) is 2.93. The Morgan fingerprint density at radius 1 is 0.974 bits per heavy atom. The zero-order valence-corrected chi connectivity index (χ0v) is 21.9. The standard InChI is InChI=1S/C29H31N5O4/c1-19(2)26(28(37)31-21-11-13-22(14-12-21)32(3)4)34(17-20-8-7-15-30-16-20)25(35)18-33-24-10-6-5-9-23(24)27(36)29(33)38/h5-16,19,26H,17-18H2,1-4H3,(H,31,37)/t26-/m0/s1. The maximum Gasteiger partial charge on any atom is 0.299 e. The number of ketones is 1. The Labute approximate surface area is 222 Å². The van der Waals surface area contributed by atoms with Gasteiger partial charge in [-0.05, 0) is 53.9 Å². The lowest BCUT2D eigenvalue weighted by Crippen LogP contribution is -2.53. The van der Waals surface area contributed by atoms with E-state index in [4.69, 9.17) is 0 Å². The van der Waals surface area contributed by atoms with Gasteiger partial charge >= 0.3 is 0 Å². The summed E-state index contributed by atoms with van der Waals surface area (Å²) in [7, 11) is 3.86. The molecule has 3 amide bonds. The van der Waals surface area contributed by atoms with Crippen molar-refractivity contribution in [2.45, 2.75) is 26.4 Å². The third-order valence-corrected chi connectivity index (χ3v) is 6.46. The maximum absolute atomic E-state index is 13.8. The van der Waals surface area contributed by atoms with Gasteiger partial charge in [-0.25, -0.2) is 0 Å². The molecule has 0 unspecified atom stereocenters. The summed E-state index contributed by atoms with van der Waals surface area (Å²) >= 11 is 0. The first kappa shape index (κ1) is 26.5. The van der Waals surface area contributed by atoms with Crippen LogP contribution in [0.5, 0.6) is 0 Å². The molecule has 2 heterocycles. The van der Waals surface area contributed by atoms with Crippen molar-refractivity contribution >= 4 is 40.6 Å². The zero-order chi connectivity index (χ0) is 27.4. The Morgan fingerprint density at radius 2 is 1.68 bits per heavy atom. The van der Waals surface area contributed by atoms with E-state index in [1.807, 2.05) is 63.2 Å². The minimum Gasteiger partial charge on any atom is -0.378 e. The number of nitrogens with one attached hydrogen (secondary N) is 1. The number of carbonyl (C=O) groups is 4. The number of carbonyl (C=O) groups excluding carboxylic acids is 4. The summed E-state index contributed by atoms with van der Waals surface area (Å²) in [5.41, 5.74) is 2.99. The highest BCUT2D eigenvalue weighted by molar-refractivity contribution is 6.52. The molecule has 0 saturated heterocycles. The van der Waals surface area contributed by atoms with Gasteiger partial charge in [0.2, 0.25) is 11.8 Å². The molecule has 3 aromatic rings. The van der Waals surface area contributed by atoms with Gasteiger partial charge in [-0.3, -0.25) is 29.1 Å². The number of benzene rings is 2. The summed E-state index contributed by atoms with van der Waals surface area (Å²) in [6.07, 6.45) is 3.26. The van der Waals surface area contributed by atoms with Crippen LogP contribution in [0.1, 0.15) is 29.8 Å². The molecule has 0 fully saturated rings. The van der Waals surface area contributed by atoms with Gasteiger partial charge in [0.1, 0.15) is 12.6 Å². The van der Waals surface area contributed by atoms with Crippen LogP contribution in [0.4, 0.5) is 17.1 Å². The third kappa shape index (κ3) is 5.56. The summed E-state index contributed by atoms with van der Waals surface area (Å²) < 4.78 is 0. The van der Waals surface area contributed by atoms with E-state index in [1.54, 1.807) is 42.7 Å². The molecule has 9 nitrogen and oxygen atoms in total. The predicted octanol–water partition coefficient (Wildman–Crippen LogP) is 3.37. The first-order chi connectivity index (χ1) is 18.2. The highest BCUT2D eigenvalue weighted by Gasteiger charge is 2.39. The zero-order valence-electron chi connectivity index (χ0n) is 21.9. The van der Waals surface area contributed by atoms with E-state index < -0.39 is 23.6 Å². The first-order valence-electron chi connectivity index (χ1n) is 12.4. The average Bonchev–Trinajstić information content (AvgIpc) is 3.14. The number of pyridine rings is 1. The molecule has 0 spiro atoms. The number of aromatic nitrogens is 1. The van der Waals surface area contributed by atoms with E-state index in [0.29, 0.717) is 11.4 Å². The SMILES string of the molecule is CC(C)[C@@H](C(=O)Nc1ccc(N(C)C)cc1)N(Cc1cccnc1)C(=O)CN1C(=O)C(=O)c2ccccc21. The van der Waals surface area contributed by atoms with Gasteiger partial charge in [0, 0.05) is 44.4 Å². The average molecular weight is 514 g/mol. The Kier molecular flexibility index (Phi) is 7.85. The van der Waals surface area contributed by atoms with Crippen molar-refractivity contribution in [1.82, 2.24) is 9.88 Å². The van der Waals surface area contributed by atoms with Gasteiger partial charge in [-0.2, -0.15) is 0 Å². The van der Waals surface area contributed by atoms with Gasteiger partial charge < -0.3 is 15.1 Å². The van der Waals surface area contributed by atoms with E-state index >= 15 is 0 Å². The van der Waals surface area contributed by atoms with Crippen LogP contribution in [0.15, 0.2) is 73.1 Å². The molecule has 1 aromatic heterocycles. The van der Waals surface area contributed by atoms with E-state index in [2.05, 4.69) is 10.3 Å². The monoisotopic (exact) mass is 513 g/mol. The molecule has 0 radical (unpaired) electrons. The Morgan fingerprint density at radius 3 is 2.32 bits per heavy atom. The second kappa shape index (κ2) is 11.2. The van der Waals surface area contributed by atoms with Crippen molar-refractivity contribution in [1.29, 1.82) is 0 Å². The van der Waals surface area contributed by atoms with E-state index in [1.165, 1.54) is 9.80 Å². The Balaban J connectivity index is 1.63. The number of para-hydroxylation sites is 1.